The first-order valence-corrected chi connectivity index (χ1v) is 6.59. The Kier molecular flexibility index (Phi) is 3.41. The van der Waals surface area contributed by atoms with Gasteiger partial charge < -0.3 is 14.2 Å². The molecule has 0 spiro atoms. The summed E-state index contributed by atoms with van der Waals surface area (Å²) in [6.45, 7) is 0.881. The number of hydrogen-bond acceptors (Lipinski definition) is 4. The molecule has 2 aromatic rings. The Morgan fingerprint density at radius 2 is 2.25 bits per heavy atom. The molecule has 3 rings (SSSR count). The first-order valence-electron chi connectivity index (χ1n) is 6.59. The fourth-order valence-corrected chi connectivity index (χ4v) is 2.44. The maximum Gasteiger partial charge on any atom is 0.229 e. The third kappa shape index (κ3) is 2.52. The number of para-hydroxylation sites is 1. The fourth-order valence-electron chi connectivity index (χ4n) is 2.44. The zero-order valence-electron chi connectivity index (χ0n) is 11.3. The van der Waals surface area contributed by atoms with Crippen LogP contribution in [0.3, 0.4) is 0 Å². The fraction of sp³-hybridized carbons (Fsp3) is 0.333. The molecule has 1 amide bonds. The monoisotopic (exact) mass is 272 g/mol. The van der Waals surface area contributed by atoms with Crippen molar-refractivity contribution in [2.75, 3.05) is 13.7 Å². The van der Waals surface area contributed by atoms with Crippen molar-refractivity contribution in [2.45, 2.75) is 13.0 Å². The van der Waals surface area contributed by atoms with Crippen molar-refractivity contribution >= 4 is 5.91 Å². The molecule has 1 atom stereocenters. The first kappa shape index (κ1) is 12.7. The van der Waals surface area contributed by atoms with Crippen LogP contribution in [0.2, 0.25) is 0 Å². The van der Waals surface area contributed by atoms with Crippen LogP contribution in [0.1, 0.15) is 11.3 Å². The molecule has 0 aliphatic carbocycles. The van der Waals surface area contributed by atoms with E-state index in [2.05, 4.69) is 5.16 Å². The standard InChI is InChI=1S/C15H16N2O3/c1-17(9-13-6-7-20-16-13)15(18)12-8-11-4-2-3-5-14(11)19-10-12/h2-7,12H,8-10H2,1H3. The predicted molar refractivity (Wildman–Crippen MR) is 72.1 cm³/mol. The van der Waals surface area contributed by atoms with Crippen LogP contribution >= 0.6 is 0 Å². The number of amides is 1. The SMILES string of the molecule is CN(Cc1ccon1)C(=O)C1COc2ccccc2C1. The van der Waals surface area contributed by atoms with Crippen molar-refractivity contribution in [1.29, 1.82) is 0 Å². The Bertz CT molecular complexity index is 595. The number of hydrogen-bond donors (Lipinski definition) is 0. The second-order valence-corrected chi connectivity index (χ2v) is 5.00. The van der Waals surface area contributed by atoms with Crippen molar-refractivity contribution in [3.05, 3.63) is 47.9 Å². The largest absolute Gasteiger partial charge is 0.492 e. The molecule has 0 saturated carbocycles. The Labute approximate surface area is 117 Å². The van der Waals surface area contributed by atoms with Gasteiger partial charge in [-0.05, 0) is 18.1 Å². The number of rotatable bonds is 3. The summed E-state index contributed by atoms with van der Waals surface area (Å²) in [5.41, 5.74) is 1.84. The molecular formula is C15H16N2O3. The number of benzene rings is 1. The van der Waals surface area contributed by atoms with E-state index in [0.29, 0.717) is 13.2 Å². The van der Waals surface area contributed by atoms with Gasteiger partial charge in [0, 0.05) is 13.1 Å². The van der Waals surface area contributed by atoms with Crippen LogP contribution in [-0.4, -0.2) is 29.6 Å². The summed E-state index contributed by atoms with van der Waals surface area (Å²) in [4.78, 5) is 14.1. The molecule has 0 radical (unpaired) electrons. The lowest BCUT2D eigenvalue weighted by Crippen LogP contribution is -2.38. The van der Waals surface area contributed by atoms with E-state index < -0.39 is 0 Å². The van der Waals surface area contributed by atoms with Crippen LogP contribution in [0.5, 0.6) is 5.75 Å². The number of fused-ring (bicyclic) bond motifs is 1. The summed E-state index contributed by atoms with van der Waals surface area (Å²) >= 11 is 0. The summed E-state index contributed by atoms with van der Waals surface area (Å²) in [6.07, 6.45) is 2.23. The third-order valence-electron chi connectivity index (χ3n) is 3.49. The van der Waals surface area contributed by atoms with Gasteiger partial charge in [0.15, 0.2) is 0 Å². The van der Waals surface area contributed by atoms with E-state index >= 15 is 0 Å². The normalized spacial score (nSPS) is 17.1. The highest BCUT2D eigenvalue weighted by atomic mass is 16.5. The average Bonchev–Trinajstić information content (AvgIpc) is 2.99. The van der Waals surface area contributed by atoms with Crippen molar-refractivity contribution < 1.29 is 14.1 Å². The molecule has 1 aromatic carbocycles. The molecule has 0 bridgehead atoms. The minimum atomic E-state index is -0.137. The van der Waals surface area contributed by atoms with Crippen molar-refractivity contribution in [1.82, 2.24) is 10.1 Å². The summed E-state index contributed by atoms with van der Waals surface area (Å²) in [5.74, 6) is 0.819. The number of carbonyl (C=O) groups excluding carboxylic acids is 1. The summed E-state index contributed by atoms with van der Waals surface area (Å²) < 4.78 is 10.4. The number of carbonyl (C=O) groups is 1. The molecule has 0 saturated heterocycles. The lowest BCUT2D eigenvalue weighted by Gasteiger charge is -2.27. The number of nitrogens with zero attached hydrogens (tertiary/aromatic N) is 2. The average molecular weight is 272 g/mol. The maximum absolute atomic E-state index is 12.4. The molecule has 1 aliphatic rings. The van der Waals surface area contributed by atoms with Crippen LogP contribution in [0, 0.1) is 5.92 Å². The minimum Gasteiger partial charge on any atom is -0.492 e. The van der Waals surface area contributed by atoms with E-state index in [1.54, 1.807) is 18.0 Å². The van der Waals surface area contributed by atoms with Crippen LogP contribution in [0.15, 0.2) is 41.1 Å². The first-order chi connectivity index (χ1) is 9.74. The molecule has 2 heterocycles. The second-order valence-electron chi connectivity index (χ2n) is 5.00. The molecule has 104 valence electrons. The van der Waals surface area contributed by atoms with E-state index in [4.69, 9.17) is 9.26 Å². The zero-order valence-corrected chi connectivity index (χ0v) is 11.3. The van der Waals surface area contributed by atoms with Gasteiger partial charge in [0.05, 0.1) is 12.5 Å². The highest BCUT2D eigenvalue weighted by Crippen LogP contribution is 2.27. The summed E-state index contributed by atoms with van der Waals surface area (Å²) in [6, 6.07) is 9.61. The van der Waals surface area contributed by atoms with Crippen LogP contribution < -0.4 is 4.74 Å². The van der Waals surface area contributed by atoms with Gasteiger partial charge in [0.1, 0.15) is 24.3 Å². The third-order valence-corrected chi connectivity index (χ3v) is 3.49. The molecule has 20 heavy (non-hydrogen) atoms. The highest BCUT2D eigenvalue weighted by molar-refractivity contribution is 5.79. The van der Waals surface area contributed by atoms with E-state index in [0.717, 1.165) is 23.4 Å². The minimum absolute atomic E-state index is 0.0718. The van der Waals surface area contributed by atoms with Crippen LogP contribution in [0.25, 0.3) is 0 Å². The van der Waals surface area contributed by atoms with E-state index in [-0.39, 0.29) is 11.8 Å². The Morgan fingerprint density at radius 3 is 3.05 bits per heavy atom. The maximum atomic E-state index is 12.4. The van der Waals surface area contributed by atoms with Crippen molar-refractivity contribution in [3.8, 4) is 5.75 Å². The molecule has 5 heteroatoms. The zero-order chi connectivity index (χ0) is 13.9. The quantitative estimate of drug-likeness (QED) is 0.856. The van der Waals surface area contributed by atoms with Crippen LogP contribution in [-0.2, 0) is 17.8 Å². The van der Waals surface area contributed by atoms with Gasteiger partial charge in [-0.25, -0.2) is 0 Å². The van der Waals surface area contributed by atoms with Gasteiger partial charge in [-0.1, -0.05) is 23.4 Å². The Morgan fingerprint density at radius 1 is 1.40 bits per heavy atom. The second kappa shape index (κ2) is 5.36. The highest BCUT2D eigenvalue weighted by Gasteiger charge is 2.28. The van der Waals surface area contributed by atoms with E-state index in [1.165, 1.54) is 6.26 Å². The van der Waals surface area contributed by atoms with Gasteiger partial charge in [-0.2, -0.15) is 0 Å². The molecule has 1 aromatic heterocycles. The van der Waals surface area contributed by atoms with Gasteiger partial charge in [0.25, 0.3) is 0 Å². The number of aromatic nitrogens is 1. The summed E-state index contributed by atoms with van der Waals surface area (Å²) in [5, 5.41) is 3.82. The van der Waals surface area contributed by atoms with Crippen molar-refractivity contribution in [3.63, 3.8) is 0 Å². The predicted octanol–water partition coefficient (Wildman–Crippen LogP) is 1.88. The van der Waals surface area contributed by atoms with Gasteiger partial charge >= 0.3 is 0 Å². The molecule has 1 aliphatic heterocycles. The van der Waals surface area contributed by atoms with E-state index in [9.17, 15) is 4.79 Å². The number of ether oxygens (including phenoxy) is 1. The Balaban J connectivity index is 1.66. The Hall–Kier alpha value is -2.30. The molecule has 1 unspecified atom stereocenters. The lowest BCUT2D eigenvalue weighted by atomic mass is 9.95. The van der Waals surface area contributed by atoms with Crippen LogP contribution in [0.4, 0.5) is 0 Å². The molecular weight excluding hydrogens is 256 g/mol. The summed E-state index contributed by atoms with van der Waals surface area (Å²) in [7, 11) is 1.78. The van der Waals surface area contributed by atoms with Gasteiger partial charge in [0.2, 0.25) is 5.91 Å². The van der Waals surface area contributed by atoms with E-state index in [1.807, 2.05) is 24.3 Å². The lowest BCUT2D eigenvalue weighted by molar-refractivity contribution is -0.136. The molecule has 0 N–H and O–H groups in total. The topological polar surface area (TPSA) is 55.6 Å². The molecule has 0 fully saturated rings. The van der Waals surface area contributed by atoms with Gasteiger partial charge in [-0.3, -0.25) is 4.79 Å². The molecule has 5 nitrogen and oxygen atoms in total. The van der Waals surface area contributed by atoms with Crippen molar-refractivity contribution in [2.24, 2.45) is 5.92 Å². The van der Waals surface area contributed by atoms with Gasteiger partial charge in [-0.15, -0.1) is 0 Å². The smallest absolute Gasteiger partial charge is 0.229 e.